The van der Waals surface area contributed by atoms with Crippen LogP contribution in [-0.4, -0.2) is 19.8 Å². The number of ether oxygens (including phenoxy) is 2. The van der Waals surface area contributed by atoms with Crippen molar-refractivity contribution in [1.82, 2.24) is 0 Å². The topological polar surface area (TPSA) is 35.5 Å². The number of hydrogen-bond donors (Lipinski definition) is 0. The fourth-order valence-electron chi connectivity index (χ4n) is 1.66. The molecule has 0 saturated heterocycles. The van der Waals surface area contributed by atoms with E-state index in [4.69, 9.17) is 9.47 Å². The van der Waals surface area contributed by atoms with E-state index in [0.29, 0.717) is 11.7 Å². The highest BCUT2D eigenvalue weighted by Crippen LogP contribution is 2.20. The Labute approximate surface area is 131 Å². The average molecular weight is 313 g/mol. The first kappa shape index (κ1) is 20.0. The van der Waals surface area contributed by atoms with Gasteiger partial charge in [0.05, 0.1) is 8.07 Å². The molecule has 0 fully saturated rings. The van der Waals surface area contributed by atoms with Crippen molar-refractivity contribution >= 4 is 14.2 Å². The summed E-state index contributed by atoms with van der Waals surface area (Å²) in [7, 11) is -1.35. The molecule has 0 aromatic heterocycles. The summed E-state index contributed by atoms with van der Waals surface area (Å²) >= 11 is 0. The standard InChI is InChI=1S/C17H32O3Si/c1-13(2)12-14(3)15(10-11-21(7,8)9)19-16(18)20-17(4,5)6/h10-11,13H,12H2,1-9H3/b11-10+,15-14+. The smallest absolute Gasteiger partial charge is 0.428 e. The summed E-state index contributed by atoms with van der Waals surface area (Å²) in [4.78, 5) is 11.9. The lowest BCUT2D eigenvalue weighted by atomic mass is 10.0. The van der Waals surface area contributed by atoms with Gasteiger partial charge in [-0.3, -0.25) is 0 Å². The van der Waals surface area contributed by atoms with E-state index in [0.717, 1.165) is 12.0 Å². The van der Waals surface area contributed by atoms with Crippen molar-refractivity contribution in [3.05, 3.63) is 23.1 Å². The number of rotatable bonds is 5. The highest BCUT2D eigenvalue weighted by atomic mass is 28.3. The molecule has 0 spiro atoms. The molecular formula is C17H32O3Si. The van der Waals surface area contributed by atoms with Gasteiger partial charge in [0, 0.05) is 0 Å². The minimum Gasteiger partial charge on any atom is -0.428 e. The van der Waals surface area contributed by atoms with Crippen molar-refractivity contribution < 1.29 is 14.3 Å². The first-order valence-electron chi connectivity index (χ1n) is 7.60. The Balaban J connectivity index is 5.16. The third-order valence-electron chi connectivity index (χ3n) is 2.45. The minimum atomic E-state index is -1.35. The Bertz CT molecular complexity index is 407. The fourth-order valence-corrected chi connectivity index (χ4v) is 2.31. The lowest BCUT2D eigenvalue weighted by Crippen LogP contribution is -2.24. The average Bonchev–Trinajstić information content (AvgIpc) is 2.18. The third kappa shape index (κ3) is 11.3. The Morgan fingerprint density at radius 3 is 2.10 bits per heavy atom. The highest BCUT2D eigenvalue weighted by Gasteiger charge is 2.19. The van der Waals surface area contributed by atoms with Gasteiger partial charge in [-0.2, -0.15) is 0 Å². The zero-order valence-electron chi connectivity index (χ0n) is 15.2. The van der Waals surface area contributed by atoms with E-state index in [1.54, 1.807) is 0 Å². The maximum absolute atomic E-state index is 11.9. The van der Waals surface area contributed by atoms with Crippen molar-refractivity contribution in [2.75, 3.05) is 0 Å². The van der Waals surface area contributed by atoms with Gasteiger partial charge in [-0.15, -0.1) is 0 Å². The van der Waals surface area contributed by atoms with Crippen molar-refractivity contribution in [2.45, 2.75) is 73.2 Å². The molecule has 0 atom stereocenters. The number of hydrogen-bond acceptors (Lipinski definition) is 3. The summed E-state index contributed by atoms with van der Waals surface area (Å²) in [6.45, 7) is 18.5. The van der Waals surface area contributed by atoms with Gasteiger partial charge < -0.3 is 9.47 Å². The summed E-state index contributed by atoms with van der Waals surface area (Å²) in [5.74, 6) is 1.14. The minimum absolute atomic E-state index is 0.516. The first-order chi connectivity index (χ1) is 9.30. The van der Waals surface area contributed by atoms with E-state index in [1.165, 1.54) is 0 Å². The number of allylic oxidation sites excluding steroid dienone is 2. The molecule has 4 heteroatoms. The summed E-state index contributed by atoms with van der Waals surface area (Å²) in [6.07, 6.45) is 2.20. The van der Waals surface area contributed by atoms with E-state index in [1.807, 2.05) is 33.8 Å². The van der Waals surface area contributed by atoms with Crippen LogP contribution in [0.1, 0.15) is 48.0 Å². The Morgan fingerprint density at radius 1 is 1.19 bits per heavy atom. The second-order valence-electron chi connectivity index (χ2n) is 8.01. The zero-order chi connectivity index (χ0) is 16.8. The van der Waals surface area contributed by atoms with Crippen LogP contribution < -0.4 is 0 Å². The first-order valence-corrected chi connectivity index (χ1v) is 11.2. The SMILES string of the molecule is C/C(CC(C)C)=C(/C=C/[Si](C)(C)C)OC(=O)OC(C)(C)C. The fraction of sp³-hybridized carbons (Fsp3) is 0.706. The molecule has 0 aliphatic rings. The molecule has 0 aliphatic carbocycles. The van der Waals surface area contributed by atoms with Crippen LogP contribution in [0.4, 0.5) is 4.79 Å². The molecule has 0 aromatic rings. The van der Waals surface area contributed by atoms with Gasteiger partial charge >= 0.3 is 6.16 Å². The summed E-state index contributed by atoms with van der Waals surface area (Å²) in [6, 6.07) is 0. The van der Waals surface area contributed by atoms with Crippen LogP contribution in [0.3, 0.4) is 0 Å². The van der Waals surface area contributed by atoms with E-state index >= 15 is 0 Å². The molecule has 3 nitrogen and oxygen atoms in total. The normalized spacial score (nSPS) is 14.4. The monoisotopic (exact) mass is 312 g/mol. The second kappa shape index (κ2) is 7.83. The molecule has 0 heterocycles. The predicted molar refractivity (Wildman–Crippen MR) is 92.0 cm³/mol. The molecule has 0 N–H and O–H groups in total. The Kier molecular flexibility index (Phi) is 7.44. The quantitative estimate of drug-likeness (QED) is 0.283. The van der Waals surface area contributed by atoms with Gasteiger partial charge in [-0.05, 0) is 51.7 Å². The van der Waals surface area contributed by atoms with Crippen LogP contribution in [0.25, 0.3) is 0 Å². The Hall–Kier alpha value is -1.03. The van der Waals surface area contributed by atoms with Gasteiger partial charge in [-0.1, -0.05) is 39.2 Å². The lowest BCUT2D eigenvalue weighted by molar-refractivity contribution is 0.00740. The van der Waals surface area contributed by atoms with Crippen LogP contribution in [0.15, 0.2) is 23.1 Å². The van der Waals surface area contributed by atoms with Crippen molar-refractivity contribution in [3.8, 4) is 0 Å². The van der Waals surface area contributed by atoms with Gasteiger partial charge in [-0.25, -0.2) is 4.79 Å². The van der Waals surface area contributed by atoms with E-state index < -0.39 is 19.8 Å². The van der Waals surface area contributed by atoms with Crippen LogP contribution in [0.5, 0.6) is 0 Å². The van der Waals surface area contributed by atoms with Gasteiger partial charge in [0.1, 0.15) is 11.4 Å². The molecule has 0 radical (unpaired) electrons. The lowest BCUT2D eigenvalue weighted by Gasteiger charge is -2.20. The summed E-state index contributed by atoms with van der Waals surface area (Å²) in [5.41, 5.74) is 2.71. The molecule has 0 amide bonds. The van der Waals surface area contributed by atoms with Crippen LogP contribution in [-0.2, 0) is 9.47 Å². The van der Waals surface area contributed by atoms with Gasteiger partial charge in [0.15, 0.2) is 0 Å². The molecular weight excluding hydrogens is 280 g/mol. The van der Waals surface area contributed by atoms with E-state index in [9.17, 15) is 4.79 Å². The molecule has 0 bridgehead atoms. The predicted octanol–water partition coefficient (Wildman–Crippen LogP) is 5.69. The van der Waals surface area contributed by atoms with Crippen molar-refractivity contribution in [1.29, 1.82) is 0 Å². The Morgan fingerprint density at radius 2 is 1.71 bits per heavy atom. The number of carbonyl (C=O) groups excluding carboxylic acids is 1. The highest BCUT2D eigenvalue weighted by molar-refractivity contribution is 6.81. The molecule has 122 valence electrons. The summed E-state index contributed by atoms with van der Waals surface area (Å²) < 4.78 is 10.7. The molecule has 0 unspecified atom stereocenters. The van der Waals surface area contributed by atoms with Crippen LogP contribution in [0.2, 0.25) is 19.6 Å². The van der Waals surface area contributed by atoms with Crippen LogP contribution in [0, 0.1) is 5.92 Å². The zero-order valence-corrected chi connectivity index (χ0v) is 16.2. The van der Waals surface area contributed by atoms with E-state index in [2.05, 4.69) is 39.2 Å². The van der Waals surface area contributed by atoms with Gasteiger partial charge in [0.2, 0.25) is 0 Å². The third-order valence-corrected chi connectivity index (χ3v) is 3.62. The second-order valence-corrected chi connectivity index (χ2v) is 13.1. The molecule has 0 aromatic carbocycles. The van der Waals surface area contributed by atoms with Crippen molar-refractivity contribution in [3.63, 3.8) is 0 Å². The van der Waals surface area contributed by atoms with Crippen LogP contribution >= 0.6 is 0 Å². The number of carbonyl (C=O) groups is 1. The van der Waals surface area contributed by atoms with Gasteiger partial charge in [0.25, 0.3) is 0 Å². The maximum atomic E-state index is 11.9. The van der Waals surface area contributed by atoms with E-state index in [-0.39, 0.29) is 0 Å². The summed E-state index contributed by atoms with van der Waals surface area (Å²) in [5, 5.41) is 0. The molecule has 0 rings (SSSR count). The maximum Gasteiger partial charge on any atom is 0.514 e. The molecule has 0 saturated carbocycles. The molecule has 21 heavy (non-hydrogen) atoms. The van der Waals surface area contributed by atoms with Crippen molar-refractivity contribution in [2.24, 2.45) is 5.92 Å². The largest absolute Gasteiger partial charge is 0.514 e. The molecule has 0 aliphatic heterocycles.